The molecule has 0 N–H and O–H groups in total. The summed E-state index contributed by atoms with van der Waals surface area (Å²) in [5.41, 5.74) is 3.43. The van der Waals surface area contributed by atoms with E-state index >= 15 is 0 Å². The molecule has 0 saturated carbocycles. The average molecular weight is 204 g/mol. The first-order valence-electron chi connectivity index (χ1n) is 6.08. The van der Waals surface area contributed by atoms with Crippen molar-refractivity contribution in [3.05, 3.63) is 35.4 Å². The molecule has 0 heteroatoms. The van der Waals surface area contributed by atoms with Crippen molar-refractivity contribution in [1.82, 2.24) is 0 Å². The smallest absolute Gasteiger partial charge is 0.0113 e. The Morgan fingerprint density at radius 2 is 1.67 bits per heavy atom. The summed E-state index contributed by atoms with van der Waals surface area (Å²) in [5, 5.41) is 0. The Balaban J connectivity index is 3.12. The molecule has 15 heavy (non-hydrogen) atoms. The second kappa shape index (κ2) is 4.83. The second-order valence-corrected chi connectivity index (χ2v) is 5.38. The third-order valence-corrected chi connectivity index (χ3v) is 3.27. The van der Waals surface area contributed by atoms with Gasteiger partial charge in [0.15, 0.2) is 0 Å². The largest absolute Gasteiger partial charge is 0.0648 e. The molecule has 1 atom stereocenters. The van der Waals surface area contributed by atoms with Crippen LogP contribution in [0.4, 0.5) is 0 Å². The molecular formula is C15H24. The van der Waals surface area contributed by atoms with Gasteiger partial charge in [-0.05, 0) is 35.3 Å². The van der Waals surface area contributed by atoms with Gasteiger partial charge in [0, 0.05) is 0 Å². The highest BCUT2D eigenvalue weighted by Crippen LogP contribution is 2.38. The maximum atomic E-state index is 2.34. The lowest BCUT2D eigenvalue weighted by Gasteiger charge is -2.31. The SMILES string of the molecule is CCc1ccccc1C(CC)C(C)(C)C. The van der Waals surface area contributed by atoms with Crippen molar-refractivity contribution in [2.75, 3.05) is 0 Å². The van der Waals surface area contributed by atoms with E-state index in [4.69, 9.17) is 0 Å². The fourth-order valence-electron chi connectivity index (χ4n) is 2.49. The lowest BCUT2D eigenvalue weighted by atomic mass is 9.73. The first-order chi connectivity index (χ1) is 7.00. The molecule has 1 unspecified atom stereocenters. The molecule has 1 aromatic carbocycles. The van der Waals surface area contributed by atoms with E-state index < -0.39 is 0 Å². The van der Waals surface area contributed by atoms with Crippen molar-refractivity contribution >= 4 is 0 Å². The van der Waals surface area contributed by atoms with Crippen LogP contribution >= 0.6 is 0 Å². The maximum Gasteiger partial charge on any atom is -0.0113 e. The third kappa shape index (κ3) is 2.84. The fourth-order valence-corrected chi connectivity index (χ4v) is 2.49. The molecule has 84 valence electrons. The lowest BCUT2D eigenvalue weighted by molar-refractivity contribution is 0.311. The molecule has 0 bridgehead atoms. The van der Waals surface area contributed by atoms with Crippen molar-refractivity contribution < 1.29 is 0 Å². The number of aryl methyl sites for hydroxylation is 1. The van der Waals surface area contributed by atoms with Crippen LogP contribution in [0.2, 0.25) is 0 Å². The average Bonchev–Trinajstić information content (AvgIpc) is 2.17. The van der Waals surface area contributed by atoms with E-state index in [1.165, 1.54) is 12.0 Å². The molecular weight excluding hydrogens is 180 g/mol. The van der Waals surface area contributed by atoms with Gasteiger partial charge in [0.1, 0.15) is 0 Å². The van der Waals surface area contributed by atoms with Crippen LogP contribution in [-0.4, -0.2) is 0 Å². The summed E-state index contributed by atoms with van der Waals surface area (Å²) in [6.45, 7) is 11.6. The van der Waals surface area contributed by atoms with Gasteiger partial charge < -0.3 is 0 Å². The summed E-state index contributed by atoms with van der Waals surface area (Å²) in [5.74, 6) is 0.675. The molecule has 0 spiro atoms. The maximum absolute atomic E-state index is 2.34. The van der Waals surface area contributed by atoms with Crippen LogP contribution in [0.1, 0.15) is 58.1 Å². The number of hydrogen-bond acceptors (Lipinski definition) is 0. The van der Waals surface area contributed by atoms with Crippen LogP contribution in [0.3, 0.4) is 0 Å². The second-order valence-electron chi connectivity index (χ2n) is 5.38. The predicted octanol–water partition coefficient (Wildman–Crippen LogP) is 4.79. The Bertz CT molecular complexity index is 304. The van der Waals surface area contributed by atoms with Gasteiger partial charge in [-0.25, -0.2) is 0 Å². The quantitative estimate of drug-likeness (QED) is 0.664. The molecule has 0 heterocycles. The zero-order valence-electron chi connectivity index (χ0n) is 10.8. The van der Waals surface area contributed by atoms with E-state index in [1.54, 1.807) is 5.56 Å². The monoisotopic (exact) mass is 204 g/mol. The Hall–Kier alpha value is -0.780. The molecule has 0 fully saturated rings. The van der Waals surface area contributed by atoms with Gasteiger partial charge in [0.05, 0.1) is 0 Å². The molecule has 0 aliphatic heterocycles. The van der Waals surface area contributed by atoms with Crippen LogP contribution in [0, 0.1) is 5.41 Å². The van der Waals surface area contributed by atoms with E-state index in [0.29, 0.717) is 11.3 Å². The Morgan fingerprint density at radius 1 is 1.07 bits per heavy atom. The van der Waals surface area contributed by atoms with Gasteiger partial charge in [-0.2, -0.15) is 0 Å². The van der Waals surface area contributed by atoms with Crippen LogP contribution in [0.5, 0.6) is 0 Å². The van der Waals surface area contributed by atoms with Crippen LogP contribution in [-0.2, 0) is 6.42 Å². The van der Waals surface area contributed by atoms with Gasteiger partial charge in [0.25, 0.3) is 0 Å². The van der Waals surface area contributed by atoms with E-state index in [-0.39, 0.29) is 0 Å². The molecule has 0 aliphatic rings. The summed E-state index contributed by atoms with van der Waals surface area (Å²) >= 11 is 0. The van der Waals surface area contributed by atoms with Crippen molar-refractivity contribution in [2.45, 2.75) is 53.4 Å². The first-order valence-corrected chi connectivity index (χ1v) is 6.08. The highest BCUT2D eigenvalue weighted by molar-refractivity contribution is 5.31. The number of rotatable bonds is 3. The zero-order valence-corrected chi connectivity index (χ0v) is 10.8. The summed E-state index contributed by atoms with van der Waals surface area (Å²) < 4.78 is 0. The number of hydrogen-bond donors (Lipinski definition) is 0. The van der Waals surface area contributed by atoms with E-state index in [0.717, 1.165) is 6.42 Å². The highest BCUT2D eigenvalue weighted by atomic mass is 14.3. The fraction of sp³-hybridized carbons (Fsp3) is 0.600. The summed E-state index contributed by atoms with van der Waals surface area (Å²) in [6, 6.07) is 8.89. The van der Waals surface area contributed by atoms with Crippen molar-refractivity contribution in [1.29, 1.82) is 0 Å². The van der Waals surface area contributed by atoms with Gasteiger partial charge >= 0.3 is 0 Å². The van der Waals surface area contributed by atoms with Gasteiger partial charge in [-0.1, -0.05) is 58.9 Å². The molecule has 0 saturated heterocycles. The van der Waals surface area contributed by atoms with Crippen molar-refractivity contribution in [3.8, 4) is 0 Å². The topological polar surface area (TPSA) is 0 Å². The Morgan fingerprint density at radius 3 is 2.13 bits per heavy atom. The predicted molar refractivity (Wildman–Crippen MR) is 68.3 cm³/mol. The van der Waals surface area contributed by atoms with Crippen LogP contribution < -0.4 is 0 Å². The molecule has 0 aromatic heterocycles. The van der Waals surface area contributed by atoms with Crippen LogP contribution in [0.15, 0.2) is 24.3 Å². The third-order valence-electron chi connectivity index (χ3n) is 3.27. The number of benzene rings is 1. The highest BCUT2D eigenvalue weighted by Gasteiger charge is 2.25. The van der Waals surface area contributed by atoms with E-state index in [1.807, 2.05) is 0 Å². The normalized spacial score (nSPS) is 13.9. The summed E-state index contributed by atoms with van der Waals surface area (Å²) in [4.78, 5) is 0. The van der Waals surface area contributed by atoms with Crippen molar-refractivity contribution in [3.63, 3.8) is 0 Å². The minimum absolute atomic E-state index is 0.361. The Labute approximate surface area is 94.7 Å². The summed E-state index contributed by atoms with van der Waals surface area (Å²) in [6.07, 6.45) is 2.36. The van der Waals surface area contributed by atoms with Gasteiger partial charge in [0.2, 0.25) is 0 Å². The molecule has 0 radical (unpaired) electrons. The standard InChI is InChI=1S/C15H24/c1-6-12-10-8-9-11-13(12)14(7-2)15(3,4)5/h8-11,14H,6-7H2,1-5H3. The van der Waals surface area contributed by atoms with Gasteiger partial charge in [-0.3, -0.25) is 0 Å². The zero-order chi connectivity index (χ0) is 11.5. The minimum Gasteiger partial charge on any atom is -0.0648 e. The molecule has 1 aromatic rings. The van der Waals surface area contributed by atoms with Crippen molar-refractivity contribution in [2.24, 2.45) is 5.41 Å². The van der Waals surface area contributed by atoms with Crippen LogP contribution in [0.25, 0.3) is 0 Å². The van der Waals surface area contributed by atoms with Gasteiger partial charge in [-0.15, -0.1) is 0 Å². The van der Waals surface area contributed by atoms with E-state index in [2.05, 4.69) is 58.9 Å². The Kier molecular flexibility index (Phi) is 3.96. The lowest BCUT2D eigenvalue weighted by Crippen LogP contribution is -2.19. The summed E-state index contributed by atoms with van der Waals surface area (Å²) in [7, 11) is 0. The molecule has 0 nitrogen and oxygen atoms in total. The van der Waals surface area contributed by atoms with E-state index in [9.17, 15) is 0 Å². The molecule has 0 amide bonds. The molecule has 0 aliphatic carbocycles. The first kappa shape index (κ1) is 12.3. The minimum atomic E-state index is 0.361. The molecule has 1 rings (SSSR count).